The molecule has 1 aliphatic rings. The third-order valence-electron chi connectivity index (χ3n) is 3.48. The molecule has 1 fully saturated rings. The van der Waals surface area contributed by atoms with Crippen LogP contribution in [0.2, 0.25) is 0 Å². The minimum Gasteiger partial charge on any atom is -0.311 e. The summed E-state index contributed by atoms with van der Waals surface area (Å²) >= 11 is 0. The predicted molar refractivity (Wildman–Crippen MR) is 68.3 cm³/mol. The van der Waals surface area contributed by atoms with Crippen molar-refractivity contribution >= 4 is 0 Å². The van der Waals surface area contributed by atoms with E-state index in [1.165, 1.54) is 25.3 Å². The summed E-state index contributed by atoms with van der Waals surface area (Å²) in [5.74, 6) is -3.63. The number of hydrogen-bond donors (Lipinski definition) is 1. The average Bonchev–Trinajstić information content (AvgIpc) is 2.44. The topological polar surface area (TPSA) is 15.3 Å². The monoisotopic (exact) mass is 272 g/mol. The second-order valence-corrected chi connectivity index (χ2v) is 4.91. The standard InChI is InChI=1S/C14H19F3N2/c15-12-5-4-11(13(16)14(12)17)10-18-6-9-19-7-2-1-3-8-19/h4-5,18H,1-3,6-10H2. The van der Waals surface area contributed by atoms with E-state index >= 15 is 0 Å². The number of hydrogen-bond acceptors (Lipinski definition) is 2. The highest BCUT2D eigenvalue weighted by atomic mass is 19.2. The Hall–Kier alpha value is -1.07. The molecule has 1 heterocycles. The van der Waals surface area contributed by atoms with Gasteiger partial charge in [-0.15, -0.1) is 0 Å². The number of benzene rings is 1. The third kappa shape index (κ3) is 3.94. The zero-order valence-electron chi connectivity index (χ0n) is 10.9. The molecule has 5 heteroatoms. The quantitative estimate of drug-likeness (QED) is 0.655. The molecule has 1 N–H and O–H groups in total. The van der Waals surface area contributed by atoms with E-state index in [0.717, 1.165) is 32.2 Å². The molecule has 0 bridgehead atoms. The molecule has 1 saturated heterocycles. The summed E-state index contributed by atoms with van der Waals surface area (Å²) in [4.78, 5) is 2.36. The first-order valence-corrected chi connectivity index (χ1v) is 6.74. The number of piperidine rings is 1. The van der Waals surface area contributed by atoms with Crippen LogP contribution < -0.4 is 5.32 Å². The van der Waals surface area contributed by atoms with Gasteiger partial charge in [0.15, 0.2) is 17.5 Å². The van der Waals surface area contributed by atoms with Crippen molar-refractivity contribution in [2.24, 2.45) is 0 Å². The highest BCUT2D eigenvalue weighted by Crippen LogP contribution is 2.14. The van der Waals surface area contributed by atoms with Crippen molar-refractivity contribution in [3.05, 3.63) is 35.1 Å². The van der Waals surface area contributed by atoms with Crippen LogP contribution >= 0.6 is 0 Å². The molecular formula is C14H19F3N2. The Morgan fingerprint density at radius 3 is 2.47 bits per heavy atom. The lowest BCUT2D eigenvalue weighted by molar-refractivity contribution is 0.229. The van der Waals surface area contributed by atoms with Crippen molar-refractivity contribution in [3.63, 3.8) is 0 Å². The van der Waals surface area contributed by atoms with Gasteiger partial charge < -0.3 is 10.2 Å². The molecule has 0 aromatic heterocycles. The lowest BCUT2D eigenvalue weighted by atomic mass is 10.1. The molecule has 1 aromatic carbocycles. The lowest BCUT2D eigenvalue weighted by Crippen LogP contribution is -2.35. The van der Waals surface area contributed by atoms with Crippen molar-refractivity contribution in [1.29, 1.82) is 0 Å². The SMILES string of the molecule is Fc1ccc(CNCCN2CCCCC2)c(F)c1F. The molecule has 0 radical (unpaired) electrons. The Balaban J connectivity index is 1.75. The molecular weight excluding hydrogens is 253 g/mol. The summed E-state index contributed by atoms with van der Waals surface area (Å²) < 4.78 is 39.1. The van der Waals surface area contributed by atoms with Crippen molar-refractivity contribution in [1.82, 2.24) is 10.2 Å². The first-order valence-electron chi connectivity index (χ1n) is 6.74. The molecule has 106 valence electrons. The number of nitrogens with one attached hydrogen (secondary N) is 1. The normalized spacial score (nSPS) is 16.8. The van der Waals surface area contributed by atoms with Gasteiger partial charge in [0.05, 0.1) is 0 Å². The summed E-state index contributed by atoms with van der Waals surface area (Å²) in [6.07, 6.45) is 3.76. The molecule has 0 atom stereocenters. The van der Waals surface area contributed by atoms with Gasteiger partial charge in [0.25, 0.3) is 0 Å². The molecule has 0 unspecified atom stereocenters. The Labute approximate surface area is 111 Å². The molecule has 0 saturated carbocycles. The fraction of sp³-hybridized carbons (Fsp3) is 0.571. The molecule has 1 aromatic rings. The summed E-state index contributed by atoms with van der Waals surface area (Å²) in [6, 6.07) is 2.24. The summed E-state index contributed by atoms with van der Waals surface area (Å²) in [5.41, 5.74) is 0.164. The summed E-state index contributed by atoms with van der Waals surface area (Å²) in [5, 5.41) is 3.07. The van der Waals surface area contributed by atoms with Gasteiger partial charge in [0.2, 0.25) is 0 Å². The largest absolute Gasteiger partial charge is 0.311 e. The van der Waals surface area contributed by atoms with Crippen LogP contribution in [0, 0.1) is 17.5 Å². The van der Waals surface area contributed by atoms with Gasteiger partial charge in [-0.2, -0.15) is 0 Å². The van der Waals surface area contributed by atoms with Gasteiger partial charge in [0, 0.05) is 25.2 Å². The van der Waals surface area contributed by atoms with Crippen molar-refractivity contribution in [2.45, 2.75) is 25.8 Å². The number of nitrogens with zero attached hydrogens (tertiary/aromatic N) is 1. The zero-order chi connectivity index (χ0) is 13.7. The number of likely N-dealkylation sites (tertiary alicyclic amines) is 1. The molecule has 2 rings (SSSR count). The van der Waals surface area contributed by atoms with E-state index in [0.29, 0.717) is 0 Å². The first-order chi connectivity index (χ1) is 9.18. The Morgan fingerprint density at radius 1 is 1.00 bits per heavy atom. The zero-order valence-corrected chi connectivity index (χ0v) is 10.9. The second-order valence-electron chi connectivity index (χ2n) is 4.91. The van der Waals surface area contributed by atoms with Crippen molar-refractivity contribution < 1.29 is 13.2 Å². The highest BCUT2D eigenvalue weighted by molar-refractivity contribution is 5.20. The average molecular weight is 272 g/mol. The van der Waals surface area contributed by atoms with Crippen molar-refractivity contribution in [2.75, 3.05) is 26.2 Å². The lowest BCUT2D eigenvalue weighted by Gasteiger charge is -2.26. The van der Waals surface area contributed by atoms with Gasteiger partial charge >= 0.3 is 0 Å². The maximum Gasteiger partial charge on any atom is 0.194 e. The summed E-state index contributed by atoms with van der Waals surface area (Å²) in [6.45, 7) is 4.07. The first kappa shape index (κ1) is 14.3. The summed E-state index contributed by atoms with van der Waals surface area (Å²) in [7, 11) is 0. The van der Waals surface area contributed by atoms with E-state index in [2.05, 4.69) is 10.2 Å². The maximum absolute atomic E-state index is 13.4. The van der Waals surface area contributed by atoms with Crippen LogP contribution in [0.25, 0.3) is 0 Å². The minimum absolute atomic E-state index is 0.164. The molecule has 0 spiro atoms. The van der Waals surface area contributed by atoms with Gasteiger partial charge in [-0.05, 0) is 32.0 Å². The van der Waals surface area contributed by atoms with Crippen LogP contribution in [0.15, 0.2) is 12.1 Å². The molecule has 0 aliphatic carbocycles. The van der Waals surface area contributed by atoms with E-state index in [1.807, 2.05) is 0 Å². The van der Waals surface area contributed by atoms with Crippen LogP contribution in [-0.4, -0.2) is 31.1 Å². The van der Waals surface area contributed by atoms with E-state index in [4.69, 9.17) is 0 Å². The van der Waals surface area contributed by atoms with E-state index in [9.17, 15) is 13.2 Å². The van der Waals surface area contributed by atoms with Gasteiger partial charge in [0.1, 0.15) is 0 Å². The van der Waals surface area contributed by atoms with Crippen LogP contribution in [0.3, 0.4) is 0 Å². The van der Waals surface area contributed by atoms with Gasteiger partial charge in [-0.3, -0.25) is 0 Å². The van der Waals surface area contributed by atoms with Crippen LogP contribution in [-0.2, 0) is 6.54 Å². The Bertz CT molecular complexity index is 417. The minimum atomic E-state index is -1.39. The third-order valence-corrected chi connectivity index (χ3v) is 3.48. The number of rotatable bonds is 5. The Kier molecular flexibility index (Phi) is 5.22. The van der Waals surface area contributed by atoms with Crippen LogP contribution in [0.4, 0.5) is 13.2 Å². The van der Waals surface area contributed by atoms with Gasteiger partial charge in [-0.1, -0.05) is 12.5 Å². The van der Waals surface area contributed by atoms with Gasteiger partial charge in [-0.25, -0.2) is 13.2 Å². The molecule has 1 aliphatic heterocycles. The smallest absolute Gasteiger partial charge is 0.194 e. The second kappa shape index (κ2) is 6.91. The predicted octanol–water partition coefficient (Wildman–Crippen LogP) is 2.68. The molecule has 0 amide bonds. The molecule has 2 nitrogen and oxygen atoms in total. The Morgan fingerprint density at radius 2 is 1.74 bits per heavy atom. The van der Waals surface area contributed by atoms with Crippen LogP contribution in [0.5, 0.6) is 0 Å². The number of halogens is 3. The fourth-order valence-electron chi connectivity index (χ4n) is 2.35. The van der Waals surface area contributed by atoms with E-state index < -0.39 is 17.5 Å². The maximum atomic E-state index is 13.4. The van der Waals surface area contributed by atoms with E-state index in [1.54, 1.807) is 0 Å². The van der Waals surface area contributed by atoms with Crippen LogP contribution in [0.1, 0.15) is 24.8 Å². The molecule has 19 heavy (non-hydrogen) atoms. The highest BCUT2D eigenvalue weighted by Gasteiger charge is 2.13. The van der Waals surface area contributed by atoms with Crippen molar-refractivity contribution in [3.8, 4) is 0 Å². The van der Waals surface area contributed by atoms with E-state index in [-0.39, 0.29) is 12.1 Å². The fourth-order valence-corrected chi connectivity index (χ4v) is 2.35.